The molecular weight excluding hydrogens is 367 g/mol. The number of hydrogen-bond donors (Lipinski definition) is 2. The zero-order chi connectivity index (χ0) is 20.1. The predicted octanol–water partition coefficient (Wildman–Crippen LogP) is 3.07. The van der Waals surface area contributed by atoms with Crippen LogP contribution in [0, 0.1) is 5.82 Å². The van der Waals surface area contributed by atoms with Crippen molar-refractivity contribution in [3.05, 3.63) is 83.4 Å². The molecule has 3 heterocycles. The zero-order valence-corrected chi connectivity index (χ0v) is 16.9. The molecule has 1 fully saturated rings. The fourth-order valence-electron chi connectivity index (χ4n) is 3.96. The van der Waals surface area contributed by atoms with E-state index in [1.807, 2.05) is 18.3 Å². The summed E-state index contributed by atoms with van der Waals surface area (Å²) in [5, 5.41) is 6.91. The highest BCUT2D eigenvalue weighted by Gasteiger charge is 2.22. The van der Waals surface area contributed by atoms with Gasteiger partial charge in [-0.2, -0.15) is 0 Å². The van der Waals surface area contributed by atoms with E-state index in [0.717, 1.165) is 68.3 Å². The van der Waals surface area contributed by atoms with Crippen LogP contribution in [-0.2, 0) is 11.3 Å². The number of nitrogens with one attached hydrogen (secondary N) is 2. The standard InChI is InChI=1S/C23H29FN4O/c1-29-21-15-23-22(26-17-21)3-2-10-28(23)14-13-27-11-8-20(9-12-27)25-16-18-4-6-19(24)7-5-18/h2-7,10,15,17,20,25-26H,8-9,11-14,16H2,1H3. The predicted molar refractivity (Wildman–Crippen MR) is 113 cm³/mol. The molecule has 6 heteroatoms. The lowest BCUT2D eigenvalue weighted by molar-refractivity contribution is 0.186. The topological polar surface area (TPSA) is 39.8 Å². The number of rotatable bonds is 7. The summed E-state index contributed by atoms with van der Waals surface area (Å²) in [6.07, 6.45) is 12.5. The molecular formula is C23H29FN4O. The summed E-state index contributed by atoms with van der Waals surface area (Å²) in [6.45, 7) is 4.98. The molecule has 29 heavy (non-hydrogen) atoms. The number of fused-ring (bicyclic) bond motifs is 1. The Hall–Kier alpha value is -2.57. The largest absolute Gasteiger partial charge is 0.495 e. The summed E-state index contributed by atoms with van der Waals surface area (Å²) in [6, 6.07) is 7.28. The van der Waals surface area contributed by atoms with Gasteiger partial charge in [0.25, 0.3) is 0 Å². The van der Waals surface area contributed by atoms with Gasteiger partial charge in [-0.3, -0.25) is 0 Å². The minimum Gasteiger partial charge on any atom is -0.495 e. The van der Waals surface area contributed by atoms with Crippen molar-refractivity contribution in [3.63, 3.8) is 0 Å². The van der Waals surface area contributed by atoms with E-state index in [4.69, 9.17) is 4.74 Å². The van der Waals surface area contributed by atoms with Crippen LogP contribution in [0.2, 0.25) is 0 Å². The van der Waals surface area contributed by atoms with E-state index in [-0.39, 0.29) is 5.82 Å². The number of likely N-dealkylation sites (tertiary alicyclic amines) is 1. The molecule has 0 aromatic heterocycles. The van der Waals surface area contributed by atoms with E-state index < -0.39 is 0 Å². The number of methoxy groups -OCH3 is 1. The summed E-state index contributed by atoms with van der Waals surface area (Å²) >= 11 is 0. The van der Waals surface area contributed by atoms with E-state index in [1.165, 1.54) is 12.1 Å². The molecule has 0 spiro atoms. The van der Waals surface area contributed by atoms with E-state index in [0.29, 0.717) is 6.04 Å². The minimum absolute atomic E-state index is 0.178. The Balaban J connectivity index is 1.21. The lowest BCUT2D eigenvalue weighted by Gasteiger charge is -2.35. The van der Waals surface area contributed by atoms with Gasteiger partial charge in [-0.05, 0) is 55.8 Å². The van der Waals surface area contributed by atoms with Crippen molar-refractivity contribution in [2.75, 3.05) is 33.3 Å². The molecule has 3 aliphatic heterocycles. The number of nitrogens with zero attached hydrogens (tertiary/aromatic N) is 2. The van der Waals surface area contributed by atoms with Crippen LogP contribution in [0.5, 0.6) is 0 Å². The first-order valence-corrected chi connectivity index (χ1v) is 10.3. The van der Waals surface area contributed by atoms with Gasteiger partial charge >= 0.3 is 0 Å². The van der Waals surface area contributed by atoms with Gasteiger partial charge < -0.3 is 25.2 Å². The quantitative estimate of drug-likeness (QED) is 0.741. The molecule has 1 aromatic rings. The number of halogens is 1. The first-order valence-electron chi connectivity index (χ1n) is 10.3. The molecule has 0 unspecified atom stereocenters. The van der Waals surface area contributed by atoms with Crippen LogP contribution in [-0.4, -0.2) is 49.1 Å². The lowest BCUT2D eigenvalue weighted by Crippen LogP contribution is -2.44. The third-order valence-electron chi connectivity index (χ3n) is 5.75. The fraction of sp³-hybridized carbons (Fsp3) is 0.391. The normalized spacial score (nSPS) is 19.8. The molecule has 154 valence electrons. The number of dihydropyridines is 1. The Labute approximate surface area is 172 Å². The van der Waals surface area contributed by atoms with Crippen molar-refractivity contribution in [1.82, 2.24) is 20.4 Å². The highest BCUT2D eigenvalue weighted by atomic mass is 19.1. The summed E-state index contributed by atoms with van der Waals surface area (Å²) in [5.74, 6) is 0.660. The van der Waals surface area contributed by atoms with Gasteiger partial charge in [0.2, 0.25) is 0 Å². The monoisotopic (exact) mass is 396 g/mol. The molecule has 5 nitrogen and oxygen atoms in total. The van der Waals surface area contributed by atoms with Crippen LogP contribution in [0.25, 0.3) is 0 Å². The smallest absolute Gasteiger partial charge is 0.136 e. The Kier molecular flexibility index (Phi) is 6.32. The van der Waals surface area contributed by atoms with Gasteiger partial charge in [0.15, 0.2) is 0 Å². The molecule has 3 aliphatic rings. The molecule has 0 amide bonds. The second-order valence-corrected chi connectivity index (χ2v) is 7.66. The second kappa shape index (κ2) is 9.29. The summed E-state index contributed by atoms with van der Waals surface area (Å²) < 4.78 is 18.4. The Morgan fingerprint density at radius 1 is 1.17 bits per heavy atom. The van der Waals surface area contributed by atoms with E-state index in [9.17, 15) is 4.39 Å². The van der Waals surface area contributed by atoms with Crippen LogP contribution in [0.1, 0.15) is 18.4 Å². The Morgan fingerprint density at radius 2 is 1.97 bits per heavy atom. The van der Waals surface area contributed by atoms with Gasteiger partial charge in [-0.15, -0.1) is 0 Å². The molecule has 0 atom stereocenters. The highest BCUT2D eigenvalue weighted by molar-refractivity contribution is 5.43. The van der Waals surface area contributed by atoms with Crippen molar-refractivity contribution in [3.8, 4) is 0 Å². The Morgan fingerprint density at radius 3 is 2.72 bits per heavy atom. The van der Waals surface area contributed by atoms with Crippen LogP contribution in [0.3, 0.4) is 0 Å². The minimum atomic E-state index is -0.178. The third kappa shape index (κ3) is 5.08. The number of ether oxygens (including phenoxy) is 1. The molecule has 0 radical (unpaired) electrons. The van der Waals surface area contributed by atoms with Crippen molar-refractivity contribution in [2.24, 2.45) is 0 Å². The van der Waals surface area contributed by atoms with Crippen molar-refractivity contribution < 1.29 is 9.13 Å². The van der Waals surface area contributed by atoms with Crippen molar-refractivity contribution >= 4 is 0 Å². The van der Waals surface area contributed by atoms with Gasteiger partial charge in [0, 0.05) is 44.2 Å². The summed E-state index contributed by atoms with van der Waals surface area (Å²) in [4.78, 5) is 4.82. The average Bonchev–Trinajstić information content (AvgIpc) is 2.77. The van der Waals surface area contributed by atoms with Crippen LogP contribution in [0.15, 0.2) is 72.0 Å². The molecule has 0 bridgehead atoms. The highest BCUT2D eigenvalue weighted by Crippen LogP contribution is 2.24. The SMILES string of the molecule is COC1=CNC2=CC=CN(CCN3CCC(NCc4ccc(F)cc4)CC3)C2=C1. The molecule has 1 aromatic carbocycles. The van der Waals surface area contributed by atoms with E-state index in [1.54, 1.807) is 7.11 Å². The molecule has 4 rings (SSSR count). The van der Waals surface area contributed by atoms with Gasteiger partial charge in [0.1, 0.15) is 11.6 Å². The maximum absolute atomic E-state index is 13.0. The third-order valence-corrected chi connectivity index (χ3v) is 5.75. The van der Waals surface area contributed by atoms with Crippen LogP contribution >= 0.6 is 0 Å². The molecule has 0 saturated carbocycles. The first kappa shape index (κ1) is 19.7. The van der Waals surface area contributed by atoms with Gasteiger partial charge in [-0.25, -0.2) is 4.39 Å². The van der Waals surface area contributed by atoms with Gasteiger partial charge in [-0.1, -0.05) is 12.1 Å². The number of piperidine rings is 1. The number of benzene rings is 1. The zero-order valence-electron chi connectivity index (χ0n) is 16.9. The average molecular weight is 397 g/mol. The van der Waals surface area contributed by atoms with Crippen molar-refractivity contribution in [2.45, 2.75) is 25.4 Å². The molecule has 2 N–H and O–H groups in total. The molecule has 0 aliphatic carbocycles. The summed E-state index contributed by atoms with van der Waals surface area (Å²) in [7, 11) is 1.69. The maximum Gasteiger partial charge on any atom is 0.136 e. The number of allylic oxidation sites excluding steroid dienone is 3. The summed E-state index contributed by atoms with van der Waals surface area (Å²) in [5.41, 5.74) is 3.40. The van der Waals surface area contributed by atoms with Crippen LogP contribution < -0.4 is 10.6 Å². The van der Waals surface area contributed by atoms with E-state index >= 15 is 0 Å². The Bertz CT molecular complexity index is 820. The van der Waals surface area contributed by atoms with E-state index in [2.05, 4.69) is 44.9 Å². The van der Waals surface area contributed by atoms with Crippen molar-refractivity contribution in [1.29, 1.82) is 0 Å². The van der Waals surface area contributed by atoms with Crippen LogP contribution in [0.4, 0.5) is 4.39 Å². The first-order chi connectivity index (χ1) is 14.2. The van der Waals surface area contributed by atoms with Gasteiger partial charge in [0.05, 0.1) is 18.5 Å². The number of hydrogen-bond acceptors (Lipinski definition) is 5. The lowest BCUT2D eigenvalue weighted by atomic mass is 10.0. The maximum atomic E-state index is 13.0. The fourth-order valence-corrected chi connectivity index (χ4v) is 3.96. The second-order valence-electron chi connectivity index (χ2n) is 7.66. The molecule has 1 saturated heterocycles.